The molecule has 106 valence electrons. The van der Waals surface area contributed by atoms with E-state index in [2.05, 4.69) is 69.2 Å². The number of halogens is 3. The molecule has 2 aromatic carbocycles. The maximum Gasteiger partial charge on any atom is 0.0588 e. The van der Waals surface area contributed by atoms with E-state index in [1.807, 2.05) is 18.2 Å². The van der Waals surface area contributed by atoms with Crippen molar-refractivity contribution in [2.75, 3.05) is 6.54 Å². The number of nitrogens with one attached hydrogen (secondary N) is 1. The lowest BCUT2D eigenvalue weighted by molar-refractivity contribution is 0.628. The third kappa shape index (κ3) is 3.85. The highest BCUT2D eigenvalue weighted by Gasteiger charge is 2.17. The first-order valence-electron chi connectivity index (χ1n) is 6.46. The van der Waals surface area contributed by atoms with E-state index in [0.717, 1.165) is 20.5 Å². The van der Waals surface area contributed by atoms with Gasteiger partial charge in [-0.2, -0.15) is 0 Å². The highest BCUT2D eigenvalue weighted by molar-refractivity contribution is 9.11. The highest BCUT2D eigenvalue weighted by atomic mass is 79.9. The van der Waals surface area contributed by atoms with Crippen LogP contribution in [0.4, 0.5) is 0 Å². The van der Waals surface area contributed by atoms with Gasteiger partial charge in [-0.3, -0.25) is 0 Å². The fraction of sp³-hybridized carbons (Fsp3) is 0.250. The second-order valence-electron chi connectivity index (χ2n) is 4.72. The van der Waals surface area contributed by atoms with Gasteiger partial charge in [-0.25, -0.2) is 0 Å². The van der Waals surface area contributed by atoms with E-state index in [1.165, 1.54) is 16.7 Å². The second-order valence-corrected chi connectivity index (χ2v) is 6.92. The molecule has 0 radical (unpaired) electrons. The SMILES string of the molecule is CCNC(c1cc(C)cc(Cl)c1)c1cc(Br)ccc1Br. The summed E-state index contributed by atoms with van der Waals surface area (Å²) >= 11 is 13.4. The van der Waals surface area contributed by atoms with Crippen LogP contribution in [0.15, 0.2) is 45.3 Å². The molecule has 0 spiro atoms. The molecule has 0 aromatic heterocycles. The van der Waals surface area contributed by atoms with Crippen LogP contribution < -0.4 is 5.32 Å². The molecule has 1 atom stereocenters. The van der Waals surface area contributed by atoms with Gasteiger partial charge in [0.25, 0.3) is 0 Å². The highest BCUT2D eigenvalue weighted by Crippen LogP contribution is 2.32. The molecule has 0 aliphatic heterocycles. The van der Waals surface area contributed by atoms with E-state index in [-0.39, 0.29) is 6.04 Å². The van der Waals surface area contributed by atoms with Crippen LogP contribution in [0.2, 0.25) is 5.02 Å². The van der Waals surface area contributed by atoms with Gasteiger partial charge in [0.05, 0.1) is 6.04 Å². The first-order chi connectivity index (χ1) is 9.51. The van der Waals surface area contributed by atoms with E-state index < -0.39 is 0 Å². The van der Waals surface area contributed by atoms with Crippen LogP contribution in [-0.2, 0) is 0 Å². The van der Waals surface area contributed by atoms with Crippen LogP contribution in [0.5, 0.6) is 0 Å². The van der Waals surface area contributed by atoms with Gasteiger partial charge in [0.15, 0.2) is 0 Å². The van der Waals surface area contributed by atoms with Crippen molar-refractivity contribution in [3.8, 4) is 0 Å². The van der Waals surface area contributed by atoms with Crippen LogP contribution in [0.25, 0.3) is 0 Å². The zero-order valence-corrected chi connectivity index (χ0v) is 15.3. The number of hydrogen-bond acceptors (Lipinski definition) is 1. The lowest BCUT2D eigenvalue weighted by Crippen LogP contribution is -2.22. The summed E-state index contributed by atoms with van der Waals surface area (Å²) < 4.78 is 2.15. The molecule has 2 rings (SSSR count). The third-order valence-corrected chi connectivity index (χ3v) is 4.51. The van der Waals surface area contributed by atoms with Gasteiger partial charge >= 0.3 is 0 Å². The molecule has 0 aliphatic carbocycles. The molecule has 20 heavy (non-hydrogen) atoms. The van der Waals surface area contributed by atoms with Crippen LogP contribution in [0.1, 0.15) is 29.7 Å². The number of benzene rings is 2. The van der Waals surface area contributed by atoms with Crippen LogP contribution in [0.3, 0.4) is 0 Å². The van der Waals surface area contributed by atoms with Crippen molar-refractivity contribution in [1.82, 2.24) is 5.32 Å². The lowest BCUT2D eigenvalue weighted by atomic mass is 9.97. The van der Waals surface area contributed by atoms with Crippen LogP contribution >= 0.6 is 43.5 Å². The molecule has 1 N–H and O–H groups in total. The maximum atomic E-state index is 6.20. The van der Waals surface area contributed by atoms with Gasteiger partial charge in [0.1, 0.15) is 0 Å². The normalized spacial score (nSPS) is 12.4. The summed E-state index contributed by atoms with van der Waals surface area (Å²) in [6.07, 6.45) is 0. The van der Waals surface area contributed by atoms with Crippen molar-refractivity contribution >= 4 is 43.5 Å². The van der Waals surface area contributed by atoms with Crippen molar-refractivity contribution in [3.63, 3.8) is 0 Å². The minimum Gasteiger partial charge on any atom is -0.306 e. The zero-order valence-electron chi connectivity index (χ0n) is 11.4. The molecule has 0 bridgehead atoms. The van der Waals surface area contributed by atoms with E-state index >= 15 is 0 Å². The topological polar surface area (TPSA) is 12.0 Å². The first kappa shape index (κ1) is 16.0. The minimum atomic E-state index is 0.115. The Balaban J connectivity index is 2.52. The van der Waals surface area contributed by atoms with Crippen molar-refractivity contribution in [1.29, 1.82) is 0 Å². The monoisotopic (exact) mass is 415 g/mol. The van der Waals surface area contributed by atoms with Crippen LogP contribution in [-0.4, -0.2) is 6.54 Å². The van der Waals surface area contributed by atoms with E-state index in [1.54, 1.807) is 0 Å². The Bertz CT molecular complexity index is 593. The molecule has 1 unspecified atom stereocenters. The summed E-state index contributed by atoms with van der Waals surface area (Å²) in [6.45, 7) is 5.06. The molecule has 0 saturated carbocycles. The van der Waals surface area contributed by atoms with Gasteiger partial charge in [-0.15, -0.1) is 0 Å². The summed E-state index contributed by atoms with van der Waals surface area (Å²) in [7, 11) is 0. The van der Waals surface area contributed by atoms with Gasteiger partial charge in [0, 0.05) is 14.0 Å². The minimum absolute atomic E-state index is 0.115. The Morgan fingerprint density at radius 3 is 2.55 bits per heavy atom. The lowest BCUT2D eigenvalue weighted by Gasteiger charge is -2.21. The largest absolute Gasteiger partial charge is 0.306 e. The van der Waals surface area contributed by atoms with Gasteiger partial charge in [-0.1, -0.05) is 56.5 Å². The Kier molecular flexibility index (Phi) is 5.67. The Morgan fingerprint density at radius 2 is 1.90 bits per heavy atom. The average molecular weight is 418 g/mol. The molecular weight excluding hydrogens is 401 g/mol. The number of rotatable bonds is 4. The predicted octanol–water partition coefficient (Wildman–Crippen LogP) is 5.87. The van der Waals surface area contributed by atoms with Crippen molar-refractivity contribution in [2.24, 2.45) is 0 Å². The zero-order chi connectivity index (χ0) is 14.7. The fourth-order valence-corrected chi connectivity index (χ4v) is 3.43. The molecule has 0 fully saturated rings. The number of aryl methyl sites for hydroxylation is 1. The fourth-order valence-electron chi connectivity index (χ4n) is 2.28. The van der Waals surface area contributed by atoms with Crippen molar-refractivity contribution in [3.05, 3.63) is 67.1 Å². The smallest absolute Gasteiger partial charge is 0.0588 e. The van der Waals surface area contributed by atoms with Gasteiger partial charge in [0.2, 0.25) is 0 Å². The standard InChI is InChI=1S/C16H16Br2ClN/c1-3-20-16(11-6-10(2)7-13(19)8-11)14-9-12(17)4-5-15(14)18/h4-9,16,20H,3H2,1-2H3. The molecule has 0 heterocycles. The predicted molar refractivity (Wildman–Crippen MR) is 93.6 cm³/mol. The second kappa shape index (κ2) is 7.08. The van der Waals surface area contributed by atoms with Crippen molar-refractivity contribution in [2.45, 2.75) is 19.9 Å². The Hall–Kier alpha value is -0.350. The molecule has 0 amide bonds. The Morgan fingerprint density at radius 1 is 1.15 bits per heavy atom. The third-order valence-electron chi connectivity index (χ3n) is 3.08. The van der Waals surface area contributed by atoms with E-state index in [4.69, 9.17) is 11.6 Å². The first-order valence-corrected chi connectivity index (χ1v) is 8.43. The molecular formula is C16H16Br2ClN. The van der Waals surface area contributed by atoms with E-state index in [0.29, 0.717) is 0 Å². The molecule has 0 aliphatic rings. The summed E-state index contributed by atoms with van der Waals surface area (Å²) in [6, 6.07) is 12.5. The number of hydrogen-bond donors (Lipinski definition) is 1. The molecule has 4 heteroatoms. The van der Waals surface area contributed by atoms with Gasteiger partial charge < -0.3 is 5.32 Å². The molecule has 2 aromatic rings. The maximum absolute atomic E-state index is 6.20. The summed E-state index contributed by atoms with van der Waals surface area (Å²) in [5.74, 6) is 0. The summed E-state index contributed by atoms with van der Waals surface area (Å²) in [4.78, 5) is 0. The average Bonchev–Trinajstić information content (AvgIpc) is 2.38. The Labute approximate surface area is 142 Å². The summed E-state index contributed by atoms with van der Waals surface area (Å²) in [5, 5.41) is 4.30. The van der Waals surface area contributed by atoms with Gasteiger partial charge in [-0.05, 0) is 60.5 Å². The van der Waals surface area contributed by atoms with Crippen molar-refractivity contribution < 1.29 is 0 Å². The molecule has 0 saturated heterocycles. The quantitative estimate of drug-likeness (QED) is 0.656. The summed E-state index contributed by atoms with van der Waals surface area (Å²) in [5.41, 5.74) is 3.54. The van der Waals surface area contributed by atoms with E-state index in [9.17, 15) is 0 Å². The molecule has 1 nitrogen and oxygen atoms in total. The van der Waals surface area contributed by atoms with Crippen LogP contribution in [0, 0.1) is 6.92 Å².